The molecule has 2 aromatic rings. The van der Waals surface area contributed by atoms with Gasteiger partial charge in [0.05, 0.1) is 12.5 Å². The lowest BCUT2D eigenvalue weighted by molar-refractivity contribution is 0.558. The summed E-state index contributed by atoms with van der Waals surface area (Å²) in [6.45, 7) is 0. The van der Waals surface area contributed by atoms with E-state index in [4.69, 9.17) is 4.42 Å². The lowest BCUT2D eigenvalue weighted by atomic mass is 10.5. The molecule has 0 atom stereocenters. The van der Waals surface area contributed by atoms with E-state index in [-0.39, 0.29) is 0 Å². The topological polar surface area (TPSA) is 56.2 Å². The Morgan fingerprint density at radius 2 is 2.58 bits per heavy atom. The monoisotopic (exact) mass is 162 g/mol. The molecule has 60 valence electrons. The Bertz CT molecular complexity index is 312. The summed E-state index contributed by atoms with van der Waals surface area (Å²) < 4.78 is 5.02. The zero-order valence-corrected chi connectivity index (χ0v) is 6.16. The van der Waals surface area contributed by atoms with Crippen LogP contribution in [-0.2, 0) is 0 Å². The lowest BCUT2D eigenvalue weighted by Gasteiger charge is -1.85. The smallest absolute Gasteiger partial charge is 0.146 e. The number of furan rings is 1. The van der Waals surface area contributed by atoms with Gasteiger partial charge in [0.15, 0.2) is 0 Å². The summed E-state index contributed by atoms with van der Waals surface area (Å²) >= 11 is 0. The number of hydrogen-bond acceptors (Lipinski definition) is 4. The van der Waals surface area contributed by atoms with Crippen LogP contribution in [0.1, 0.15) is 5.76 Å². The molecular weight excluding hydrogens is 156 g/mol. The second kappa shape index (κ2) is 3.00. The third-order valence-electron chi connectivity index (χ3n) is 1.25. The molecule has 0 saturated heterocycles. The van der Waals surface area contributed by atoms with Crippen molar-refractivity contribution in [3.63, 3.8) is 0 Å². The zero-order chi connectivity index (χ0) is 8.23. The summed E-state index contributed by atoms with van der Waals surface area (Å²) in [5.74, 6) is 0.686. The molecule has 12 heavy (non-hydrogen) atoms. The molecule has 0 unspecified atom stereocenters. The molecule has 0 fully saturated rings. The van der Waals surface area contributed by atoms with Crippen LogP contribution in [0.5, 0.6) is 0 Å². The van der Waals surface area contributed by atoms with Crippen LogP contribution in [0.15, 0.2) is 40.6 Å². The van der Waals surface area contributed by atoms with Crippen LogP contribution in [0.3, 0.4) is 0 Å². The summed E-state index contributed by atoms with van der Waals surface area (Å²) in [6, 6.07) is 3.60. The first-order valence-electron chi connectivity index (χ1n) is 3.37. The molecule has 5 nitrogen and oxygen atoms in total. The average molecular weight is 162 g/mol. The van der Waals surface area contributed by atoms with Gasteiger partial charge in [-0.15, -0.1) is 9.89 Å². The highest BCUT2D eigenvalue weighted by atomic mass is 16.3. The van der Waals surface area contributed by atoms with Gasteiger partial charge >= 0.3 is 0 Å². The molecule has 0 radical (unpaired) electrons. The van der Waals surface area contributed by atoms with Gasteiger partial charge in [-0.2, -0.15) is 5.10 Å². The molecule has 0 aromatic carbocycles. The van der Waals surface area contributed by atoms with Gasteiger partial charge in [-0.1, -0.05) is 0 Å². The highest BCUT2D eigenvalue weighted by Crippen LogP contribution is 1.94. The molecular formula is C7H6N4O. The van der Waals surface area contributed by atoms with Gasteiger partial charge in [0.25, 0.3) is 0 Å². The van der Waals surface area contributed by atoms with E-state index in [9.17, 15) is 0 Å². The van der Waals surface area contributed by atoms with Crippen LogP contribution in [0.4, 0.5) is 0 Å². The summed E-state index contributed by atoms with van der Waals surface area (Å²) in [5, 5.41) is 7.71. The average Bonchev–Trinajstić information content (AvgIpc) is 2.74. The van der Waals surface area contributed by atoms with Crippen LogP contribution in [-0.4, -0.2) is 21.1 Å². The van der Waals surface area contributed by atoms with Crippen molar-refractivity contribution in [3.05, 3.63) is 36.8 Å². The Hall–Kier alpha value is -1.91. The highest BCUT2D eigenvalue weighted by Gasteiger charge is 1.88. The van der Waals surface area contributed by atoms with Crippen molar-refractivity contribution < 1.29 is 4.42 Å². The first-order chi connectivity index (χ1) is 5.95. The predicted octanol–water partition coefficient (Wildman–Crippen LogP) is 0.753. The quantitative estimate of drug-likeness (QED) is 0.612. The molecule has 0 spiro atoms. The fourth-order valence-electron chi connectivity index (χ4n) is 0.742. The fourth-order valence-corrected chi connectivity index (χ4v) is 0.742. The van der Waals surface area contributed by atoms with Gasteiger partial charge in [-0.3, -0.25) is 0 Å². The van der Waals surface area contributed by atoms with Crippen molar-refractivity contribution in [2.45, 2.75) is 0 Å². The minimum atomic E-state index is 0.686. The minimum Gasteiger partial charge on any atom is -0.463 e. The SMILES string of the molecule is C(=Nn1cncn1)c1ccco1. The zero-order valence-electron chi connectivity index (χ0n) is 6.16. The molecule has 0 aliphatic heterocycles. The van der Waals surface area contributed by atoms with Crippen LogP contribution in [0.25, 0.3) is 0 Å². The van der Waals surface area contributed by atoms with Crippen molar-refractivity contribution in [3.8, 4) is 0 Å². The third-order valence-corrected chi connectivity index (χ3v) is 1.25. The summed E-state index contributed by atoms with van der Waals surface area (Å²) in [6.07, 6.45) is 6.07. The molecule has 2 rings (SSSR count). The van der Waals surface area contributed by atoms with Crippen LogP contribution < -0.4 is 0 Å². The number of aromatic nitrogens is 3. The molecule has 0 N–H and O–H groups in total. The fraction of sp³-hybridized carbons (Fsp3) is 0. The Labute approximate surface area is 68.3 Å². The van der Waals surface area contributed by atoms with Crippen molar-refractivity contribution in [1.82, 2.24) is 14.9 Å². The van der Waals surface area contributed by atoms with E-state index >= 15 is 0 Å². The summed E-state index contributed by atoms with van der Waals surface area (Å²) in [7, 11) is 0. The van der Waals surface area contributed by atoms with Crippen LogP contribution in [0, 0.1) is 0 Å². The van der Waals surface area contributed by atoms with Crippen molar-refractivity contribution in [2.75, 3.05) is 0 Å². The van der Waals surface area contributed by atoms with Crippen LogP contribution >= 0.6 is 0 Å². The van der Waals surface area contributed by atoms with Crippen LogP contribution in [0.2, 0.25) is 0 Å². The Morgan fingerprint density at radius 1 is 1.58 bits per heavy atom. The van der Waals surface area contributed by atoms with Gasteiger partial charge in [0.1, 0.15) is 18.4 Å². The standard InChI is InChI=1S/C7H6N4O/c1-2-7(12-3-1)4-9-11-6-8-5-10-11/h1-6H. The van der Waals surface area contributed by atoms with E-state index in [1.165, 1.54) is 17.4 Å². The van der Waals surface area contributed by atoms with E-state index in [1.54, 1.807) is 24.6 Å². The van der Waals surface area contributed by atoms with Crippen molar-refractivity contribution in [1.29, 1.82) is 0 Å². The summed E-state index contributed by atoms with van der Waals surface area (Å²) in [5.41, 5.74) is 0. The van der Waals surface area contributed by atoms with Gasteiger partial charge in [0.2, 0.25) is 0 Å². The lowest BCUT2D eigenvalue weighted by Crippen LogP contribution is -1.88. The van der Waals surface area contributed by atoms with Gasteiger partial charge in [-0.05, 0) is 12.1 Å². The van der Waals surface area contributed by atoms with Gasteiger partial charge in [-0.25, -0.2) is 4.98 Å². The molecule has 5 heteroatoms. The van der Waals surface area contributed by atoms with E-state index in [2.05, 4.69) is 15.2 Å². The maximum atomic E-state index is 5.02. The molecule has 2 aromatic heterocycles. The maximum Gasteiger partial charge on any atom is 0.146 e. The molecule has 0 saturated carbocycles. The van der Waals surface area contributed by atoms with E-state index in [0.717, 1.165) is 0 Å². The number of rotatable bonds is 2. The second-order valence-corrected chi connectivity index (χ2v) is 2.08. The largest absolute Gasteiger partial charge is 0.463 e. The first-order valence-corrected chi connectivity index (χ1v) is 3.37. The molecule has 0 amide bonds. The molecule has 0 bridgehead atoms. The van der Waals surface area contributed by atoms with Gasteiger partial charge in [0, 0.05) is 0 Å². The Kier molecular flexibility index (Phi) is 1.69. The minimum absolute atomic E-state index is 0.686. The van der Waals surface area contributed by atoms with E-state index < -0.39 is 0 Å². The molecule has 2 heterocycles. The maximum absolute atomic E-state index is 5.02. The number of hydrogen-bond donors (Lipinski definition) is 0. The predicted molar refractivity (Wildman–Crippen MR) is 41.7 cm³/mol. The van der Waals surface area contributed by atoms with Gasteiger partial charge < -0.3 is 4.42 Å². The highest BCUT2D eigenvalue weighted by molar-refractivity contribution is 5.75. The molecule has 0 aliphatic rings. The first kappa shape index (κ1) is 6.78. The van der Waals surface area contributed by atoms with Crippen molar-refractivity contribution in [2.24, 2.45) is 5.10 Å². The normalized spacial score (nSPS) is 11.0. The van der Waals surface area contributed by atoms with E-state index in [0.29, 0.717) is 5.76 Å². The van der Waals surface area contributed by atoms with E-state index in [1.807, 2.05) is 0 Å². The second-order valence-electron chi connectivity index (χ2n) is 2.08. The Morgan fingerprint density at radius 3 is 3.25 bits per heavy atom. The molecule has 0 aliphatic carbocycles. The number of nitrogens with zero attached hydrogens (tertiary/aromatic N) is 4. The third kappa shape index (κ3) is 1.39. The Balaban J connectivity index is 2.14. The van der Waals surface area contributed by atoms with Crippen molar-refractivity contribution >= 4 is 6.21 Å². The summed E-state index contributed by atoms with van der Waals surface area (Å²) in [4.78, 5) is 5.08.